The van der Waals surface area contributed by atoms with Crippen molar-refractivity contribution in [3.63, 3.8) is 0 Å². The van der Waals surface area contributed by atoms with E-state index >= 15 is 171 Å². The van der Waals surface area contributed by atoms with Crippen LogP contribution in [0.1, 0.15) is 13.3 Å². The Morgan fingerprint density at radius 3 is 0.573 bits per heavy atom. The summed E-state index contributed by atoms with van der Waals surface area (Å²) in [5.41, 5.74) is -137. The lowest BCUT2D eigenvalue weighted by Crippen LogP contribution is -3.08. The van der Waals surface area contributed by atoms with Crippen molar-refractivity contribution in [3.8, 4) is 0 Å². The van der Waals surface area contributed by atoms with Gasteiger partial charge in [-0.15, -0.1) is 0 Å². The molecule has 96 heavy (non-hydrogen) atoms. The monoisotopic (exact) mass is 1520 g/mol. The maximum Gasteiger partial charge on any atom is 0.397 e. The van der Waals surface area contributed by atoms with E-state index in [2.05, 4.69) is 14.2 Å². The molecule has 0 spiro atoms. The zero-order valence-electron chi connectivity index (χ0n) is 43.4. The average Bonchev–Trinajstić information content (AvgIpc) is 0.607. The van der Waals surface area contributed by atoms with Crippen LogP contribution in [-0.4, -0.2) is 245 Å². The second-order valence-electron chi connectivity index (χ2n) is 23.3. The van der Waals surface area contributed by atoms with E-state index in [1.54, 1.807) is 0 Å². The first kappa shape index (κ1) is 75.8. The number of hydrogen-bond donors (Lipinski definition) is 3. The maximum absolute atomic E-state index is 16.8. The molecule has 12 bridgehead atoms. The number of carbonyl (C=O) groups excluding carboxylic acids is 3. The lowest BCUT2D eigenvalue weighted by molar-refractivity contribution is -0.556. The number of carbonyl (C=O) groups is 3. The minimum absolute atomic E-state index is 0.569. The molecule has 12 saturated carbocycles. The van der Waals surface area contributed by atoms with Crippen LogP contribution in [0.3, 0.4) is 0 Å². The fourth-order valence-corrected chi connectivity index (χ4v) is 14.8. The van der Waals surface area contributed by atoms with E-state index in [1.807, 2.05) is 0 Å². The third kappa shape index (κ3) is 5.21. The van der Waals surface area contributed by atoms with Crippen LogP contribution in [0.2, 0.25) is 0 Å². The van der Waals surface area contributed by atoms with Crippen molar-refractivity contribution in [2.75, 3.05) is 19.8 Å². The predicted octanol–water partition coefficient (Wildman–Crippen LogP) is 10.4. The molecular weight excluding hydrogens is 1500 g/mol. The second kappa shape index (κ2) is 17.0. The molecule has 0 amide bonds. The van der Waals surface area contributed by atoms with Crippen LogP contribution in [0.5, 0.6) is 0 Å². The standard InChI is InChI=1S/C42H17F45O9/c1-2-12(6(88)3-94-40(82,83)19(49)13(43)9(91)16(46)31(64,65)22(19,52)37(76,77)25(55,28(13,58)59)34(16,70)71,7(89)4-95-41(84,85)20(50)14(44)10(92)17(47)32(66,67)23(20,53)38(78,79)26(56,29(14,60)61)35(17,72)73)8(90)5-96-42(86,87)21(51)15(45)11(93)18(48)33(68,69)24(21,54)39(80,81)27(57,30(15,62)63)36(18,74)75/h6-8,88-90H,2-5H2,1H3. The predicted molar refractivity (Wildman–Crippen MR) is 195 cm³/mol. The molecule has 0 aromatic carbocycles. The lowest BCUT2D eigenvalue weighted by Gasteiger charge is -2.72. The molecule has 0 saturated heterocycles. The molecule has 12 rings (SSSR count). The van der Waals surface area contributed by atoms with Crippen LogP contribution in [0.15, 0.2) is 0 Å². The van der Waals surface area contributed by atoms with Crippen molar-refractivity contribution in [1.82, 2.24) is 0 Å². The summed E-state index contributed by atoms with van der Waals surface area (Å²) in [5.74, 6) is -123. The molecule has 18 unspecified atom stereocenters. The quantitative estimate of drug-likeness (QED) is 0.129. The Balaban J connectivity index is 1.19. The zero-order chi connectivity index (χ0) is 75.9. The topological polar surface area (TPSA) is 140 Å². The van der Waals surface area contributed by atoms with Crippen molar-refractivity contribution >= 4 is 17.3 Å². The molecule has 12 aliphatic rings. The molecular formula is C42H17F45O9. The molecule has 54 heteroatoms. The van der Waals surface area contributed by atoms with Gasteiger partial charge < -0.3 is 29.5 Å². The fourth-order valence-electron chi connectivity index (χ4n) is 14.8. The fraction of sp³-hybridized carbons (Fsp3) is 0.929. The number of aliphatic hydroxyl groups is 3. The van der Waals surface area contributed by atoms with E-state index in [0.29, 0.717) is 0 Å². The van der Waals surface area contributed by atoms with Gasteiger partial charge >= 0.3 is 123 Å². The van der Waals surface area contributed by atoms with Crippen molar-refractivity contribution in [2.45, 2.75) is 206 Å². The van der Waals surface area contributed by atoms with Gasteiger partial charge in [0.2, 0.25) is 17.3 Å². The van der Waals surface area contributed by atoms with Crippen molar-refractivity contribution in [2.24, 2.45) is 5.41 Å². The summed E-state index contributed by atoms with van der Waals surface area (Å²) in [7, 11) is 0. The number of ketones is 3. The summed E-state index contributed by atoms with van der Waals surface area (Å²) in [4.78, 5) is 37.5. The van der Waals surface area contributed by atoms with Crippen molar-refractivity contribution in [3.05, 3.63) is 0 Å². The Kier molecular flexibility index (Phi) is 13.5. The minimum atomic E-state index is -9.10. The van der Waals surface area contributed by atoms with Gasteiger partial charge in [-0.3, -0.25) is 14.4 Å². The lowest BCUT2D eigenvalue weighted by atomic mass is 9.38. The van der Waals surface area contributed by atoms with Gasteiger partial charge in [-0.1, -0.05) is 6.92 Å². The first-order valence-corrected chi connectivity index (χ1v) is 24.3. The van der Waals surface area contributed by atoms with Crippen LogP contribution < -0.4 is 0 Å². The van der Waals surface area contributed by atoms with Gasteiger partial charge in [0.05, 0.1) is 43.5 Å². The number of alkyl halides is 45. The highest BCUT2D eigenvalue weighted by molar-refractivity contribution is 6.06. The molecule has 0 aliphatic heterocycles. The summed E-state index contributed by atoms with van der Waals surface area (Å²) in [6.45, 7) is -13.6. The second-order valence-corrected chi connectivity index (χ2v) is 23.3. The molecule has 3 N–H and O–H groups in total. The molecule has 0 radical (unpaired) electrons. The average molecular weight is 1520 g/mol. The highest BCUT2D eigenvalue weighted by Gasteiger charge is 3.25. The molecule has 0 heterocycles. The van der Waals surface area contributed by atoms with Crippen molar-refractivity contribution < 1.29 is 241 Å². The molecule has 18 atom stereocenters. The Hall–Kier alpha value is -4.38. The Morgan fingerprint density at radius 1 is 0.271 bits per heavy atom. The third-order valence-corrected chi connectivity index (χ3v) is 20.1. The van der Waals surface area contributed by atoms with Gasteiger partial charge in [-0.2, -0.15) is 132 Å². The highest BCUT2D eigenvalue weighted by atomic mass is 19.4. The van der Waals surface area contributed by atoms with Gasteiger partial charge in [0.15, 0.2) is 0 Å². The van der Waals surface area contributed by atoms with E-state index in [4.69, 9.17) is 0 Å². The van der Waals surface area contributed by atoms with Crippen LogP contribution in [0.4, 0.5) is 198 Å². The van der Waals surface area contributed by atoms with Crippen LogP contribution in [0, 0.1) is 5.41 Å². The van der Waals surface area contributed by atoms with Crippen LogP contribution in [0.25, 0.3) is 0 Å². The number of halogens is 45. The summed E-state index contributed by atoms with van der Waals surface area (Å²) >= 11 is 0. The van der Waals surface area contributed by atoms with E-state index in [0.717, 1.165) is 0 Å². The van der Waals surface area contributed by atoms with Crippen LogP contribution >= 0.6 is 0 Å². The van der Waals surface area contributed by atoms with Gasteiger partial charge in [-0.25, -0.2) is 65.9 Å². The van der Waals surface area contributed by atoms with E-state index in [1.165, 1.54) is 0 Å². The number of aliphatic hydroxyl groups excluding tert-OH is 3. The van der Waals surface area contributed by atoms with Gasteiger partial charge in [-0.05, 0) is 6.42 Å². The normalized spacial score (nSPS) is 49.8. The molecule has 0 aromatic heterocycles. The molecule has 12 fully saturated rings. The highest BCUT2D eigenvalue weighted by Crippen LogP contribution is 2.90. The number of hydrogen-bond acceptors (Lipinski definition) is 9. The first-order chi connectivity index (χ1) is 41.7. The van der Waals surface area contributed by atoms with Crippen LogP contribution in [-0.2, 0) is 28.6 Å². The van der Waals surface area contributed by atoms with E-state index in [9.17, 15) is 56.0 Å². The first-order valence-electron chi connectivity index (χ1n) is 24.3. The summed E-state index contributed by atoms with van der Waals surface area (Å²) in [6, 6.07) is 0. The third-order valence-electron chi connectivity index (χ3n) is 20.1. The Labute approximate surface area is 490 Å². The largest absolute Gasteiger partial charge is 0.397 e. The van der Waals surface area contributed by atoms with Gasteiger partial charge in [0.25, 0.3) is 51.0 Å². The summed E-state index contributed by atoms with van der Waals surface area (Å²) in [5, 5.41) is 33.0. The SMILES string of the molecule is CCC(C(O)COC(F)(F)C1(F)C2(F)C(=O)C3(F)C(F)(F)C(F)(C2(F)F)C(F)(F)C1(F)C3(F)F)(C(O)COC(F)(F)C1(F)C2(F)C(=O)C3(F)C(F)(F)C(F)(C2(F)F)C(F)(F)C1(F)C3(F)F)C(O)COC(F)(F)C1(F)C2(F)C(=O)C3(F)C(F)(F)C(F)(C2(F)F)C(F)(F)C1(F)C3(F)F. The van der Waals surface area contributed by atoms with Crippen molar-refractivity contribution in [1.29, 1.82) is 0 Å². The summed E-state index contributed by atoms with van der Waals surface area (Å²) < 4.78 is 713. The summed E-state index contributed by atoms with van der Waals surface area (Å²) in [6.07, 6.45) is -45.0. The number of Topliss-reactive ketones (excluding diaryl/α,β-unsaturated/α-hetero) is 3. The Bertz CT molecular complexity index is 3130. The molecule has 9 nitrogen and oxygen atoms in total. The number of ether oxygens (including phenoxy) is 3. The zero-order valence-corrected chi connectivity index (χ0v) is 43.4. The van der Waals surface area contributed by atoms with Gasteiger partial charge in [0, 0.05) is 0 Å². The van der Waals surface area contributed by atoms with Gasteiger partial charge in [0.1, 0.15) is 0 Å². The minimum Gasteiger partial charge on any atom is -0.390 e. The molecule has 554 valence electrons. The Morgan fingerprint density at radius 2 is 0.417 bits per heavy atom. The molecule has 12 aliphatic carbocycles. The number of rotatable bonds is 16. The molecule has 0 aromatic rings. The van der Waals surface area contributed by atoms with E-state index in [-0.39, 0.29) is 0 Å². The maximum atomic E-state index is 16.8. The van der Waals surface area contributed by atoms with E-state index < -0.39 is 249 Å². The smallest absolute Gasteiger partial charge is 0.390 e.